The Balaban J connectivity index is 2.92. The van der Waals surface area contributed by atoms with Gasteiger partial charge in [-0.25, -0.2) is 4.79 Å². The lowest BCUT2D eigenvalue weighted by molar-refractivity contribution is -0.118. The summed E-state index contributed by atoms with van der Waals surface area (Å²) >= 11 is 1.05. The van der Waals surface area contributed by atoms with Crippen LogP contribution in [-0.2, 0) is 4.79 Å². The van der Waals surface area contributed by atoms with Gasteiger partial charge in [-0.3, -0.25) is 4.79 Å². The lowest BCUT2D eigenvalue weighted by Gasteiger charge is -2.15. The zero-order valence-electron chi connectivity index (χ0n) is 10.2. The predicted molar refractivity (Wildman–Crippen MR) is 66.7 cm³/mol. The molecule has 0 bridgehead atoms. The number of carbonyl (C=O) groups is 2. The number of hydrogen-bond acceptors (Lipinski definition) is 4. The average molecular weight is 256 g/mol. The van der Waals surface area contributed by atoms with Gasteiger partial charge in [0.15, 0.2) is 0 Å². The Bertz CT molecular complexity index is 428. The van der Waals surface area contributed by atoms with E-state index in [1.165, 1.54) is 4.90 Å². The molecule has 0 saturated carbocycles. The smallest absolute Gasteiger partial charge is 0.340 e. The highest BCUT2D eigenvalue weighted by atomic mass is 32.1. The summed E-state index contributed by atoms with van der Waals surface area (Å²) in [7, 11) is 1.59. The van der Waals surface area contributed by atoms with Gasteiger partial charge in [-0.05, 0) is 24.9 Å². The predicted octanol–water partition coefficient (Wildman–Crippen LogP) is 2.30. The number of aromatic carboxylic acids is 1. The molecule has 0 atom stereocenters. The minimum Gasteiger partial charge on any atom is -0.478 e. The largest absolute Gasteiger partial charge is 0.478 e. The standard InChI is InChI=1S/C11H16N2O3S/c1-4-5-6-8(14)13(3)10-9(11(15)16)7(2)12-17-10/h4-6H2,1-3H3,(H,15,16). The fourth-order valence-electron chi connectivity index (χ4n) is 1.44. The van der Waals surface area contributed by atoms with Gasteiger partial charge in [0.1, 0.15) is 10.6 Å². The quantitative estimate of drug-likeness (QED) is 0.877. The van der Waals surface area contributed by atoms with Gasteiger partial charge in [0.05, 0.1) is 5.69 Å². The molecular formula is C11H16N2O3S. The van der Waals surface area contributed by atoms with Crippen molar-refractivity contribution >= 4 is 28.4 Å². The molecule has 0 spiro atoms. The average Bonchev–Trinajstić information content (AvgIpc) is 2.66. The molecule has 1 heterocycles. The number of carboxylic acid groups (broad SMARTS) is 1. The molecule has 6 heteroatoms. The molecule has 0 aliphatic rings. The third-order valence-corrected chi connectivity index (χ3v) is 3.50. The summed E-state index contributed by atoms with van der Waals surface area (Å²) in [4.78, 5) is 24.3. The van der Waals surface area contributed by atoms with Gasteiger partial charge < -0.3 is 10.0 Å². The van der Waals surface area contributed by atoms with Crippen molar-refractivity contribution in [3.63, 3.8) is 0 Å². The van der Waals surface area contributed by atoms with Crippen molar-refractivity contribution in [3.8, 4) is 0 Å². The summed E-state index contributed by atoms with van der Waals surface area (Å²) in [5, 5.41) is 9.48. The fourth-order valence-corrected chi connectivity index (χ4v) is 2.31. The van der Waals surface area contributed by atoms with Crippen LogP contribution in [0.3, 0.4) is 0 Å². The monoisotopic (exact) mass is 256 g/mol. The van der Waals surface area contributed by atoms with E-state index in [0.29, 0.717) is 17.1 Å². The number of unbranched alkanes of at least 4 members (excludes halogenated alkanes) is 1. The second kappa shape index (κ2) is 5.77. The van der Waals surface area contributed by atoms with Crippen molar-refractivity contribution in [1.82, 2.24) is 4.37 Å². The van der Waals surface area contributed by atoms with Crippen molar-refractivity contribution in [2.24, 2.45) is 0 Å². The van der Waals surface area contributed by atoms with E-state index in [-0.39, 0.29) is 11.5 Å². The van der Waals surface area contributed by atoms with Crippen LogP contribution in [0.1, 0.15) is 42.2 Å². The Morgan fingerprint density at radius 1 is 1.47 bits per heavy atom. The lowest BCUT2D eigenvalue weighted by Crippen LogP contribution is -2.26. The topological polar surface area (TPSA) is 70.5 Å². The number of rotatable bonds is 5. The maximum atomic E-state index is 11.8. The van der Waals surface area contributed by atoms with Crippen LogP contribution in [0, 0.1) is 6.92 Å². The number of nitrogens with zero attached hydrogens (tertiary/aromatic N) is 2. The van der Waals surface area contributed by atoms with Crippen molar-refractivity contribution in [1.29, 1.82) is 0 Å². The Morgan fingerprint density at radius 2 is 2.12 bits per heavy atom. The third kappa shape index (κ3) is 3.03. The highest BCUT2D eigenvalue weighted by Gasteiger charge is 2.23. The molecule has 1 aromatic heterocycles. The van der Waals surface area contributed by atoms with Crippen LogP contribution in [0.4, 0.5) is 5.00 Å². The van der Waals surface area contributed by atoms with Crippen LogP contribution in [0.15, 0.2) is 0 Å². The van der Waals surface area contributed by atoms with Gasteiger partial charge in [0.25, 0.3) is 0 Å². The summed E-state index contributed by atoms with van der Waals surface area (Å²) in [6, 6.07) is 0. The van der Waals surface area contributed by atoms with Crippen molar-refractivity contribution in [2.75, 3.05) is 11.9 Å². The van der Waals surface area contributed by atoms with E-state index >= 15 is 0 Å². The molecule has 1 N–H and O–H groups in total. The SMILES string of the molecule is CCCCC(=O)N(C)c1snc(C)c1C(=O)O. The van der Waals surface area contributed by atoms with E-state index in [1.807, 2.05) is 6.92 Å². The number of carbonyl (C=O) groups excluding carboxylic acids is 1. The molecular weight excluding hydrogens is 240 g/mol. The second-order valence-electron chi connectivity index (χ2n) is 3.81. The first-order chi connectivity index (χ1) is 7.99. The van der Waals surface area contributed by atoms with Gasteiger partial charge in [-0.2, -0.15) is 4.37 Å². The van der Waals surface area contributed by atoms with Crippen LogP contribution in [0.5, 0.6) is 0 Å². The van der Waals surface area contributed by atoms with Crippen LogP contribution in [0.2, 0.25) is 0 Å². The van der Waals surface area contributed by atoms with Crippen molar-refractivity contribution in [2.45, 2.75) is 33.1 Å². The summed E-state index contributed by atoms with van der Waals surface area (Å²) in [5.74, 6) is -1.11. The first-order valence-electron chi connectivity index (χ1n) is 5.45. The second-order valence-corrected chi connectivity index (χ2v) is 4.56. The number of anilines is 1. The Hall–Kier alpha value is -1.43. The van der Waals surface area contributed by atoms with Crippen LogP contribution < -0.4 is 4.90 Å². The molecule has 0 aliphatic heterocycles. The highest BCUT2D eigenvalue weighted by molar-refractivity contribution is 7.11. The summed E-state index contributed by atoms with van der Waals surface area (Å²) in [6.07, 6.45) is 2.18. The van der Waals surface area contributed by atoms with Crippen molar-refractivity contribution in [3.05, 3.63) is 11.3 Å². The summed E-state index contributed by atoms with van der Waals surface area (Å²) < 4.78 is 3.99. The molecule has 0 fully saturated rings. The summed E-state index contributed by atoms with van der Waals surface area (Å²) in [6.45, 7) is 3.64. The molecule has 5 nitrogen and oxygen atoms in total. The Morgan fingerprint density at radius 3 is 2.65 bits per heavy atom. The van der Waals surface area contributed by atoms with Crippen LogP contribution >= 0.6 is 11.5 Å². The van der Waals surface area contributed by atoms with Gasteiger partial charge in [0.2, 0.25) is 5.91 Å². The molecule has 0 radical (unpaired) electrons. The summed E-state index contributed by atoms with van der Waals surface area (Å²) in [5.41, 5.74) is 0.579. The van der Waals surface area contributed by atoms with E-state index in [9.17, 15) is 9.59 Å². The number of aromatic nitrogens is 1. The van der Waals surface area contributed by atoms with Crippen molar-refractivity contribution < 1.29 is 14.7 Å². The number of carboxylic acids is 1. The molecule has 1 amide bonds. The van der Waals surface area contributed by atoms with E-state index < -0.39 is 5.97 Å². The molecule has 0 saturated heterocycles. The maximum Gasteiger partial charge on any atom is 0.340 e. The molecule has 17 heavy (non-hydrogen) atoms. The maximum absolute atomic E-state index is 11.8. The van der Waals surface area contributed by atoms with Crippen LogP contribution in [-0.4, -0.2) is 28.4 Å². The Kier molecular flexibility index (Phi) is 4.62. The van der Waals surface area contributed by atoms with E-state index in [2.05, 4.69) is 4.37 Å². The normalized spacial score (nSPS) is 10.3. The van der Waals surface area contributed by atoms with E-state index in [1.54, 1.807) is 14.0 Å². The first kappa shape index (κ1) is 13.6. The molecule has 0 aliphatic carbocycles. The Labute approximate surface area is 104 Å². The molecule has 1 aromatic rings. The minimum atomic E-state index is -1.04. The first-order valence-corrected chi connectivity index (χ1v) is 6.22. The van der Waals surface area contributed by atoms with Gasteiger partial charge in [0, 0.05) is 13.5 Å². The molecule has 0 aromatic carbocycles. The van der Waals surface area contributed by atoms with Crippen LogP contribution in [0.25, 0.3) is 0 Å². The van der Waals surface area contributed by atoms with Gasteiger partial charge >= 0.3 is 5.97 Å². The highest BCUT2D eigenvalue weighted by Crippen LogP contribution is 2.28. The molecule has 94 valence electrons. The zero-order valence-corrected chi connectivity index (χ0v) is 11.0. The third-order valence-electron chi connectivity index (χ3n) is 2.48. The van der Waals surface area contributed by atoms with E-state index in [4.69, 9.17) is 5.11 Å². The fraction of sp³-hybridized carbons (Fsp3) is 0.545. The number of amides is 1. The number of hydrogen-bond donors (Lipinski definition) is 1. The molecule has 1 rings (SSSR count). The lowest BCUT2D eigenvalue weighted by atomic mass is 10.2. The van der Waals surface area contributed by atoms with Gasteiger partial charge in [-0.15, -0.1) is 0 Å². The molecule has 0 unspecified atom stereocenters. The zero-order chi connectivity index (χ0) is 13.0. The van der Waals surface area contributed by atoms with Gasteiger partial charge in [-0.1, -0.05) is 13.3 Å². The van der Waals surface area contributed by atoms with E-state index in [0.717, 1.165) is 24.4 Å². The number of aryl methyl sites for hydroxylation is 1. The minimum absolute atomic E-state index is 0.0713.